The Labute approximate surface area is 173 Å². The first-order valence-corrected chi connectivity index (χ1v) is 10.4. The van der Waals surface area contributed by atoms with Crippen LogP contribution in [0.1, 0.15) is 50.3 Å². The van der Waals surface area contributed by atoms with Crippen LogP contribution >= 0.6 is 0 Å². The molecule has 0 spiro atoms. The predicted octanol–water partition coefficient (Wildman–Crippen LogP) is 3.60. The first kappa shape index (κ1) is 21.1. The first-order chi connectivity index (χ1) is 13.8. The fourth-order valence-electron chi connectivity index (χ4n) is 3.60. The quantitative estimate of drug-likeness (QED) is 0.702. The lowest BCUT2D eigenvalue weighted by Crippen LogP contribution is -2.54. The number of nitrogens with one attached hydrogen (secondary N) is 3. The Hall–Kier alpha value is -2.66. The highest BCUT2D eigenvalue weighted by Crippen LogP contribution is 2.19. The molecule has 1 aliphatic heterocycles. The van der Waals surface area contributed by atoms with Gasteiger partial charge in [0.15, 0.2) is 0 Å². The zero-order chi connectivity index (χ0) is 21.0. The number of fused-ring (bicyclic) bond motifs is 1. The smallest absolute Gasteiger partial charge is 0.247 e. The Balaban J connectivity index is 1.63. The summed E-state index contributed by atoms with van der Waals surface area (Å²) in [4.78, 5) is 25.7. The molecule has 3 rings (SSSR count). The normalized spacial score (nSPS) is 17.0. The monoisotopic (exact) mass is 393 g/mol. The molecule has 29 heavy (non-hydrogen) atoms. The second-order valence-electron chi connectivity index (χ2n) is 8.40. The molecule has 2 aromatic rings. The van der Waals surface area contributed by atoms with Crippen molar-refractivity contribution in [1.82, 2.24) is 10.6 Å². The van der Waals surface area contributed by atoms with E-state index in [0.29, 0.717) is 18.9 Å². The Morgan fingerprint density at radius 1 is 0.966 bits per heavy atom. The maximum atomic E-state index is 12.8. The molecule has 0 bridgehead atoms. The van der Waals surface area contributed by atoms with E-state index in [9.17, 15) is 9.59 Å². The van der Waals surface area contributed by atoms with Crippen LogP contribution in [0.3, 0.4) is 0 Å². The average molecular weight is 394 g/mol. The molecule has 2 unspecified atom stereocenters. The van der Waals surface area contributed by atoms with E-state index in [2.05, 4.69) is 41.9 Å². The number of carbonyl (C=O) groups is 2. The molecule has 0 saturated heterocycles. The zero-order valence-electron chi connectivity index (χ0n) is 17.7. The van der Waals surface area contributed by atoms with Crippen molar-refractivity contribution in [1.29, 1.82) is 0 Å². The second-order valence-corrected chi connectivity index (χ2v) is 8.40. The molecular formula is C24H31N3O2. The van der Waals surface area contributed by atoms with Crippen molar-refractivity contribution in [3.63, 3.8) is 0 Å². The molecule has 1 aliphatic rings. The van der Waals surface area contributed by atoms with Crippen LogP contribution in [-0.4, -0.2) is 23.9 Å². The van der Waals surface area contributed by atoms with Crippen molar-refractivity contribution in [2.24, 2.45) is 5.92 Å². The fourth-order valence-corrected chi connectivity index (χ4v) is 3.60. The van der Waals surface area contributed by atoms with Gasteiger partial charge in [0.1, 0.15) is 6.04 Å². The van der Waals surface area contributed by atoms with Gasteiger partial charge in [-0.15, -0.1) is 0 Å². The van der Waals surface area contributed by atoms with Gasteiger partial charge in [0, 0.05) is 12.2 Å². The minimum atomic E-state index is -0.591. The van der Waals surface area contributed by atoms with Crippen molar-refractivity contribution in [2.45, 2.75) is 58.7 Å². The molecule has 2 atom stereocenters. The highest BCUT2D eigenvalue weighted by atomic mass is 16.2. The first-order valence-electron chi connectivity index (χ1n) is 10.4. The molecule has 3 N–H and O–H groups in total. The molecule has 0 radical (unpaired) electrons. The van der Waals surface area contributed by atoms with E-state index in [1.807, 2.05) is 50.2 Å². The number of carbonyl (C=O) groups excluding carboxylic acids is 2. The summed E-state index contributed by atoms with van der Waals surface area (Å²) in [6, 6.07) is 15.1. The van der Waals surface area contributed by atoms with Gasteiger partial charge < -0.3 is 16.0 Å². The molecule has 2 aromatic carbocycles. The summed E-state index contributed by atoms with van der Waals surface area (Å²) in [6.07, 6.45) is 0.630. The highest BCUT2D eigenvalue weighted by molar-refractivity contribution is 5.98. The Morgan fingerprint density at radius 3 is 2.24 bits per heavy atom. The number of hydrogen-bond acceptors (Lipinski definition) is 3. The largest absolute Gasteiger partial charge is 0.343 e. The predicted molar refractivity (Wildman–Crippen MR) is 117 cm³/mol. The minimum Gasteiger partial charge on any atom is -0.343 e. The molecule has 0 aromatic heterocycles. The van der Waals surface area contributed by atoms with Gasteiger partial charge in [-0.05, 0) is 47.1 Å². The maximum absolute atomic E-state index is 12.8. The van der Waals surface area contributed by atoms with E-state index in [1.165, 1.54) is 16.7 Å². The van der Waals surface area contributed by atoms with Crippen molar-refractivity contribution >= 4 is 17.5 Å². The number of hydrogen-bond donors (Lipinski definition) is 3. The lowest BCUT2D eigenvalue weighted by Gasteiger charge is -2.28. The van der Waals surface area contributed by atoms with Gasteiger partial charge in [-0.3, -0.25) is 9.59 Å². The van der Waals surface area contributed by atoms with E-state index in [-0.39, 0.29) is 23.8 Å². The summed E-state index contributed by atoms with van der Waals surface area (Å²) in [5, 5.41) is 9.17. The molecule has 5 nitrogen and oxygen atoms in total. The lowest BCUT2D eigenvalue weighted by molar-refractivity contribution is -0.128. The molecule has 0 aliphatic carbocycles. The van der Waals surface area contributed by atoms with Gasteiger partial charge in [-0.1, -0.05) is 64.1 Å². The van der Waals surface area contributed by atoms with Crippen LogP contribution in [0.4, 0.5) is 5.69 Å². The SMILES string of the molecule is CC(C)c1ccc(NC(=O)C(NC(=O)C2Cc3ccccc3CN2)C(C)C)cc1. The number of amides is 2. The van der Waals surface area contributed by atoms with E-state index in [0.717, 1.165) is 5.69 Å². The molecule has 5 heteroatoms. The summed E-state index contributed by atoms with van der Waals surface area (Å²) in [5.74, 6) is 0.0886. The van der Waals surface area contributed by atoms with Gasteiger partial charge in [0.05, 0.1) is 6.04 Å². The molecule has 0 fully saturated rings. The van der Waals surface area contributed by atoms with Gasteiger partial charge in [0.2, 0.25) is 11.8 Å². The van der Waals surface area contributed by atoms with E-state index in [1.54, 1.807) is 0 Å². The summed E-state index contributed by atoms with van der Waals surface area (Å²) in [5.41, 5.74) is 4.37. The van der Waals surface area contributed by atoms with Gasteiger partial charge in [0.25, 0.3) is 0 Å². The van der Waals surface area contributed by atoms with Crippen LogP contribution in [0.25, 0.3) is 0 Å². The van der Waals surface area contributed by atoms with Crippen LogP contribution in [-0.2, 0) is 22.6 Å². The van der Waals surface area contributed by atoms with Gasteiger partial charge >= 0.3 is 0 Å². The highest BCUT2D eigenvalue weighted by Gasteiger charge is 2.29. The van der Waals surface area contributed by atoms with Crippen molar-refractivity contribution in [3.05, 3.63) is 65.2 Å². The number of anilines is 1. The average Bonchev–Trinajstić information content (AvgIpc) is 2.71. The van der Waals surface area contributed by atoms with Gasteiger partial charge in [-0.2, -0.15) is 0 Å². The van der Waals surface area contributed by atoms with Crippen molar-refractivity contribution in [3.8, 4) is 0 Å². The Kier molecular flexibility index (Phi) is 6.70. The zero-order valence-corrected chi connectivity index (χ0v) is 17.7. The maximum Gasteiger partial charge on any atom is 0.247 e. The third-order valence-electron chi connectivity index (χ3n) is 5.49. The second kappa shape index (κ2) is 9.23. The minimum absolute atomic E-state index is 0.0234. The summed E-state index contributed by atoms with van der Waals surface area (Å²) in [7, 11) is 0. The fraction of sp³-hybridized carbons (Fsp3) is 0.417. The van der Waals surface area contributed by atoms with E-state index < -0.39 is 6.04 Å². The molecule has 0 saturated carbocycles. The van der Waals surface area contributed by atoms with Gasteiger partial charge in [-0.25, -0.2) is 0 Å². The topological polar surface area (TPSA) is 70.2 Å². The molecular weight excluding hydrogens is 362 g/mol. The summed E-state index contributed by atoms with van der Waals surface area (Å²) in [6.45, 7) is 8.81. The van der Waals surface area contributed by atoms with Crippen LogP contribution in [0.5, 0.6) is 0 Å². The Bertz CT molecular complexity index is 859. The molecule has 1 heterocycles. The third kappa shape index (κ3) is 5.24. The standard InChI is InChI=1S/C24H31N3O2/c1-15(2)17-9-11-20(12-10-17)26-24(29)22(16(3)4)27-23(28)21-13-18-7-5-6-8-19(18)14-25-21/h5-12,15-16,21-22,25H,13-14H2,1-4H3,(H,26,29)(H,27,28). The third-order valence-corrected chi connectivity index (χ3v) is 5.49. The van der Waals surface area contributed by atoms with E-state index >= 15 is 0 Å². The molecule has 154 valence electrons. The molecule has 2 amide bonds. The number of rotatable bonds is 6. The lowest BCUT2D eigenvalue weighted by atomic mass is 9.94. The van der Waals surface area contributed by atoms with Crippen LogP contribution < -0.4 is 16.0 Å². The van der Waals surface area contributed by atoms with Crippen LogP contribution in [0.15, 0.2) is 48.5 Å². The van der Waals surface area contributed by atoms with Crippen LogP contribution in [0.2, 0.25) is 0 Å². The number of benzene rings is 2. The van der Waals surface area contributed by atoms with Crippen molar-refractivity contribution in [2.75, 3.05) is 5.32 Å². The summed E-state index contributed by atoms with van der Waals surface area (Å²) < 4.78 is 0. The van der Waals surface area contributed by atoms with E-state index in [4.69, 9.17) is 0 Å². The van der Waals surface area contributed by atoms with Crippen molar-refractivity contribution < 1.29 is 9.59 Å². The summed E-state index contributed by atoms with van der Waals surface area (Å²) >= 11 is 0. The van der Waals surface area contributed by atoms with Crippen LogP contribution in [0, 0.1) is 5.92 Å². The Morgan fingerprint density at radius 2 is 1.62 bits per heavy atom.